The van der Waals surface area contributed by atoms with Crippen LogP contribution in [-0.4, -0.2) is 4.57 Å². The van der Waals surface area contributed by atoms with Crippen molar-refractivity contribution in [2.75, 3.05) is 4.90 Å². The van der Waals surface area contributed by atoms with Crippen LogP contribution in [0, 0.1) is 6.92 Å². The zero-order chi connectivity index (χ0) is 45.1. The van der Waals surface area contributed by atoms with Gasteiger partial charge in [0.15, 0.2) is 0 Å². The lowest BCUT2D eigenvalue weighted by Crippen LogP contribution is -2.36. The SMILES string of the molecule is C=C/C=C\c1oc2ccc(-n3c4ccccc4c4ccc(N(c5ccc6c(c5)C5(c7ccccc7Oc7ccccc75)c5cccc7cccc-6c57)c5cccc6ccccc56)cc43)cc2c1C. The van der Waals surface area contributed by atoms with Gasteiger partial charge in [0, 0.05) is 55.3 Å². The zero-order valence-electron chi connectivity index (χ0n) is 37.3. The summed E-state index contributed by atoms with van der Waals surface area (Å²) in [6.07, 6.45) is 5.68. The van der Waals surface area contributed by atoms with Gasteiger partial charge in [-0.15, -0.1) is 0 Å². The molecule has 0 bridgehead atoms. The van der Waals surface area contributed by atoms with Gasteiger partial charge in [-0.3, -0.25) is 0 Å². The van der Waals surface area contributed by atoms with E-state index in [-0.39, 0.29) is 0 Å². The Morgan fingerprint density at radius 3 is 2.01 bits per heavy atom. The second-order valence-electron chi connectivity index (χ2n) is 18.0. The number of aryl methyl sites for hydroxylation is 1. The molecule has 320 valence electrons. The van der Waals surface area contributed by atoms with E-state index in [1.54, 1.807) is 6.08 Å². The van der Waals surface area contributed by atoms with Crippen LogP contribution in [0.4, 0.5) is 17.1 Å². The van der Waals surface area contributed by atoms with Crippen LogP contribution in [0.2, 0.25) is 0 Å². The molecule has 2 aromatic heterocycles. The number of hydrogen-bond acceptors (Lipinski definition) is 3. The second kappa shape index (κ2) is 14.6. The Balaban J connectivity index is 1.06. The first kappa shape index (κ1) is 38.4. The second-order valence-corrected chi connectivity index (χ2v) is 18.0. The smallest absolute Gasteiger partial charge is 0.135 e. The predicted molar refractivity (Wildman–Crippen MR) is 282 cm³/mol. The van der Waals surface area contributed by atoms with Gasteiger partial charge in [0.1, 0.15) is 22.8 Å². The van der Waals surface area contributed by atoms with Crippen LogP contribution in [0.5, 0.6) is 11.5 Å². The van der Waals surface area contributed by atoms with Crippen molar-refractivity contribution in [1.82, 2.24) is 4.57 Å². The quantitative estimate of drug-likeness (QED) is 0.156. The van der Waals surface area contributed by atoms with E-state index in [9.17, 15) is 0 Å². The number of fused-ring (bicyclic) bond motifs is 13. The van der Waals surface area contributed by atoms with E-state index in [0.717, 1.165) is 78.7 Å². The molecule has 0 unspecified atom stereocenters. The molecule has 12 aromatic rings. The number of anilines is 3. The van der Waals surface area contributed by atoms with E-state index in [1.165, 1.54) is 54.6 Å². The fourth-order valence-corrected chi connectivity index (χ4v) is 11.7. The van der Waals surface area contributed by atoms with Crippen LogP contribution in [0.15, 0.2) is 229 Å². The number of aromatic nitrogens is 1. The lowest BCUT2D eigenvalue weighted by atomic mass is 9.58. The van der Waals surface area contributed by atoms with Crippen molar-refractivity contribution >= 4 is 77.5 Å². The topological polar surface area (TPSA) is 30.5 Å². The lowest BCUT2D eigenvalue weighted by molar-refractivity contribution is 0.435. The van der Waals surface area contributed by atoms with E-state index < -0.39 is 5.41 Å². The molecule has 0 amide bonds. The molecule has 0 saturated heterocycles. The molecule has 4 heteroatoms. The molecular weight excluding hydrogens is 829 g/mol. The molecular formula is C64H42N2O2. The minimum absolute atomic E-state index is 0.684. The Labute approximate surface area is 393 Å². The third-order valence-electron chi connectivity index (χ3n) is 14.6. The summed E-state index contributed by atoms with van der Waals surface area (Å²) in [5.41, 5.74) is 15.0. The summed E-state index contributed by atoms with van der Waals surface area (Å²) >= 11 is 0. The molecule has 2 aliphatic rings. The lowest BCUT2D eigenvalue weighted by Gasteiger charge is -2.45. The molecule has 0 radical (unpaired) electrons. The minimum atomic E-state index is -0.684. The first-order chi connectivity index (χ1) is 33.6. The van der Waals surface area contributed by atoms with Crippen molar-refractivity contribution in [3.63, 3.8) is 0 Å². The van der Waals surface area contributed by atoms with Crippen LogP contribution >= 0.6 is 0 Å². The monoisotopic (exact) mass is 870 g/mol. The fourth-order valence-electron chi connectivity index (χ4n) is 11.7. The molecule has 1 aliphatic heterocycles. The van der Waals surface area contributed by atoms with Crippen molar-refractivity contribution in [1.29, 1.82) is 0 Å². The molecule has 0 atom stereocenters. The molecule has 0 saturated carbocycles. The molecule has 0 fully saturated rings. The van der Waals surface area contributed by atoms with Crippen molar-refractivity contribution in [2.24, 2.45) is 0 Å². The molecule has 10 aromatic carbocycles. The molecule has 3 heterocycles. The maximum Gasteiger partial charge on any atom is 0.135 e. The number of rotatable bonds is 6. The van der Waals surface area contributed by atoms with Crippen molar-refractivity contribution < 1.29 is 9.15 Å². The summed E-state index contributed by atoms with van der Waals surface area (Å²) in [5.74, 6) is 2.58. The summed E-state index contributed by atoms with van der Waals surface area (Å²) < 4.78 is 15.5. The van der Waals surface area contributed by atoms with Gasteiger partial charge >= 0.3 is 0 Å². The summed E-state index contributed by atoms with van der Waals surface area (Å²) in [4.78, 5) is 2.47. The van der Waals surface area contributed by atoms with Gasteiger partial charge in [-0.25, -0.2) is 0 Å². The zero-order valence-corrected chi connectivity index (χ0v) is 37.3. The van der Waals surface area contributed by atoms with Gasteiger partial charge in [-0.1, -0.05) is 158 Å². The average molecular weight is 871 g/mol. The Kier molecular flexibility index (Phi) is 8.23. The predicted octanol–water partition coefficient (Wildman–Crippen LogP) is 17.3. The van der Waals surface area contributed by atoms with Crippen LogP contribution in [0.25, 0.3) is 77.2 Å². The van der Waals surface area contributed by atoms with E-state index in [4.69, 9.17) is 9.15 Å². The fraction of sp³-hybridized carbons (Fsp3) is 0.0312. The van der Waals surface area contributed by atoms with Gasteiger partial charge in [0.2, 0.25) is 0 Å². The van der Waals surface area contributed by atoms with E-state index >= 15 is 0 Å². The van der Waals surface area contributed by atoms with E-state index in [2.05, 4.69) is 229 Å². The molecule has 14 rings (SSSR count). The highest BCUT2D eigenvalue weighted by atomic mass is 16.5. The first-order valence-electron chi connectivity index (χ1n) is 23.3. The van der Waals surface area contributed by atoms with Crippen LogP contribution in [0.1, 0.15) is 33.6 Å². The summed E-state index contributed by atoms with van der Waals surface area (Å²) in [6.45, 7) is 6.00. The summed E-state index contributed by atoms with van der Waals surface area (Å²) in [5, 5.41) is 8.32. The van der Waals surface area contributed by atoms with Gasteiger partial charge in [0.25, 0.3) is 0 Å². The molecule has 0 N–H and O–H groups in total. The third kappa shape index (κ3) is 5.31. The average Bonchev–Trinajstić information content (AvgIpc) is 3.89. The van der Waals surface area contributed by atoms with Gasteiger partial charge in [-0.05, 0) is 118 Å². The van der Waals surface area contributed by atoms with Crippen LogP contribution < -0.4 is 9.64 Å². The molecule has 4 nitrogen and oxygen atoms in total. The third-order valence-corrected chi connectivity index (χ3v) is 14.6. The number of nitrogens with zero attached hydrogens (tertiary/aromatic N) is 2. The van der Waals surface area contributed by atoms with E-state index in [0.29, 0.717) is 0 Å². The van der Waals surface area contributed by atoms with Gasteiger partial charge < -0.3 is 18.6 Å². The largest absolute Gasteiger partial charge is 0.457 e. The normalized spacial score (nSPS) is 13.3. The summed E-state index contributed by atoms with van der Waals surface area (Å²) in [6, 6.07) is 75.6. The Morgan fingerprint density at radius 2 is 1.18 bits per heavy atom. The maximum absolute atomic E-state index is 6.80. The molecule has 68 heavy (non-hydrogen) atoms. The highest BCUT2D eigenvalue weighted by Crippen LogP contribution is 2.62. The number of hydrogen-bond donors (Lipinski definition) is 0. The highest BCUT2D eigenvalue weighted by molar-refractivity contribution is 6.12. The minimum Gasteiger partial charge on any atom is -0.457 e. The number of allylic oxidation sites excluding steroid dienone is 2. The Hall–Kier alpha value is -8.86. The van der Waals surface area contributed by atoms with Crippen LogP contribution in [-0.2, 0) is 5.41 Å². The highest BCUT2D eigenvalue weighted by Gasteiger charge is 2.49. The Bertz CT molecular complexity index is 4070. The first-order valence-corrected chi connectivity index (χ1v) is 23.3. The molecule has 1 aliphatic carbocycles. The van der Waals surface area contributed by atoms with Crippen molar-refractivity contribution in [3.8, 4) is 28.3 Å². The number of benzene rings is 10. The number of para-hydroxylation sites is 3. The van der Waals surface area contributed by atoms with Crippen LogP contribution in [0.3, 0.4) is 0 Å². The Morgan fingerprint density at radius 1 is 0.515 bits per heavy atom. The van der Waals surface area contributed by atoms with E-state index in [1.807, 2.05) is 12.2 Å². The molecule has 1 spiro atoms. The van der Waals surface area contributed by atoms with Gasteiger partial charge in [0.05, 0.1) is 22.1 Å². The van der Waals surface area contributed by atoms with Gasteiger partial charge in [-0.2, -0.15) is 0 Å². The maximum atomic E-state index is 6.80. The van der Waals surface area contributed by atoms with Crippen molar-refractivity contribution in [2.45, 2.75) is 12.3 Å². The number of ether oxygens (including phenoxy) is 1. The summed E-state index contributed by atoms with van der Waals surface area (Å²) in [7, 11) is 0. The standard InChI is InChI=1S/C64H42N2O2/c1-3-4-28-59-40(2)51-37-43(33-36-60(51)67-59)66-57-26-10-7-21-48(57)49-35-32-45(39-58(49)66)65(56-27-15-17-41-16-5-6-20-46(41)56)44-31-34-47-50-22-13-18-42-19-14-25-54(63(42)50)64(55(47)38-44)52-23-8-11-29-61(52)68-62-30-12-9-24-53(62)64/h3-39H,1H2,2H3/b28-4-. The van der Waals surface area contributed by atoms with Crippen molar-refractivity contribution in [3.05, 3.63) is 259 Å². The number of furan rings is 1.